The van der Waals surface area contributed by atoms with Crippen LogP contribution in [-0.2, 0) is 4.84 Å². The third kappa shape index (κ3) is 1.49. The highest BCUT2D eigenvalue weighted by molar-refractivity contribution is 5.94. The minimum Gasteiger partial charge on any atom is -0.508 e. The van der Waals surface area contributed by atoms with Crippen molar-refractivity contribution in [2.45, 2.75) is 0 Å². The van der Waals surface area contributed by atoms with Crippen LogP contribution in [0.5, 0.6) is 5.75 Å². The molecule has 0 heterocycles. The zero-order valence-corrected chi connectivity index (χ0v) is 7.82. The molecule has 0 aliphatic rings. The number of phenolic OH excluding ortho intramolecular Hbond substituents is 1. The minimum absolute atomic E-state index is 0.253. The summed E-state index contributed by atoms with van der Waals surface area (Å²) < 4.78 is 0. The molecular weight excluding hydrogens is 178 g/mol. The number of anilines is 1. The molecule has 0 spiro atoms. The Hall–Kier alpha value is -1.74. The van der Waals surface area contributed by atoms with Crippen molar-refractivity contribution in [2.75, 3.05) is 12.6 Å². The van der Waals surface area contributed by atoms with Crippen LogP contribution in [0.3, 0.4) is 0 Å². The lowest BCUT2D eigenvalue weighted by Crippen LogP contribution is -1.95. The van der Waals surface area contributed by atoms with E-state index in [-0.39, 0.29) is 5.75 Å². The van der Waals surface area contributed by atoms with Gasteiger partial charge in [0.25, 0.3) is 0 Å². The van der Waals surface area contributed by atoms with Gasteiger partial charge in [0.2, 0.25) is 0 Å². The molecule has 14 heavy (non-hydrogen) atoms. The molecule has 0 amide bonds. The van der Waals surface area contributed by atoms with E-state index in [0.717, 1.165) is 16.5 Å². The highest BCUT2D eigenvalue weighted by Gasteiger charge is 2.00. The molecule has 0 aromatic heterocycles. The van der Waals surface area contributed by atoms with Crippen LogP contribution in [0.4, 0.5) is 5.69 Å². The monoisotopic (exact) mass is 189 g/mol. The third-order valence-electron chi connectivity index (χ3n) is 2.08. The van der Waals surface area contributed by atoms with Gasteiger partial charge in [-0.1, -0.05) is 18.2 Å². The van der Waals surface area contributed by atoms with Crippen LogP contribution in [0.25, 0.3) is 10.8 Å². The molecule has 3 heteroatoms. The maximum atomic E-state index is 9.35. The molecule has 0 saturated heterocycles. The quantitative estimate of drug-likeness (QED) is 0.713. The summed E-state index contributed by atoms with van der Waals surface area (Å²) in [7, 11) is 1.56. The standard InChI is InChI=1S/C11H11NO2/c1-14-12-11-4-2-3-8-5-6-9(13)7-10(8)11/h2-7,12-13H,1H3. The molecule has 0 bridgehead atoms. The average Bonchev–Trinajstić information content (AvgIpc) is 2.19. The van der Waals surface area contributed by atoms with Gasteiger partial charge < -0.3 is 5.11 Å². The molecule has 0 aliphatic carbocycles. The van der Waals surface area contributed by atoms with Crippen molar-refractivity contribution in [3.05, 3.63) is 36.4 Å². The summed E-state index contributed by atoms with van der Waals surface area (Å²) in [5, 5.41) is 11.4. The average molecular weight is 189 g/mol. The van der Waals surface area contributed by atoms with Crippen LogP contribution in [0.2, 0.25) is 0 Å². The molecule has 0 atom stereocenters. The zero-order valence-electron chi connectivity index (χ0n) is 7.82. The molecule has 3 nitrogen and oxygen atoms in total. The normalized spacial score (nSPS) is 10.4. The first kappa shape index (κ1) is 8.84. The lowest BCUT2D eigenvalue weighted by atomic mass is 10.1. The lowest BCUT2D eigenvalue weighted by molar-refractivity contribution is 0.271. The highest BCUT2D eigenvalue weighted by atomic mass is 16.6. The summed E-state index contributed by atoms with van der Waals surface area (Å²) in [5.41, 5.74) is 3.61. The Morgan fingerprint density at radius 3 is 2.86 bits per heavy atom. The summed E-state index contributed by atoms with van der Waals surface area (Å²) in [6.07, 6.45) is 0. The van der Waals surface area contributed by atoms with Gasteiger partial charge in [0.05, 0.1) is 12.8 Å². The number of rotatable bonds is 2. The van der Waals surface area contributed by atoms with Crippen molar-refractivity contribution < 1.29 is 9.94 Å². The van der Waals surface area contributed by atoms with Crippen LogP contribution >= 0.6 is 0 Å². The van der Waals surface area contributed by atoms with Gasteiger partial charge in [0.1, 0.15) is 5.75 Å². The fraction of sp³-hybridized carbons (Fsp3) is 0.0909. The molecule has 0 radical (unpaired) electrons. The molecular formula is C11H11NO2. The summed E-state index contributed by atoms with van der Waals surface area (Å²) >= 11 is 0. The van der Waals surface area contributed by atoms with Crippen LogP contribution in [-0.4, -0.2) is 12.2 Å². The fourth-order valence-electron chi connectivity index (χ4n) is 1.46. The fourth-order valence-corrected chi connectivity index (χ4v) is 1.46. The number of hydrogen-bond donors (Lipinski definition) is 2. The Morgan fingerprint density at radius 1 is 1.21 bits per heavy atom. The van der Waals surface area contributed by atoms with Crippen molar-refractivity contribution in [1.29, 1.82) is 0 Å². The van der Waals surface area contributed by atoms with Crippen molar-refractivity contribution in [3.63, 3.8) is 0 Å². The second-order valence-corrected chi connectivity index (χ2v) is 3.02. The predicted molar refractivity (Wildman–Crippen MR) is 56.2 cm³/mol. The van der Waals surface area contributed by atoms with E-state index in [1.54, 1.807) is 19.2 Å². The maximum absolute atomic E-state index is 9.35. The summed E-state index contributed by atoms with van der Waals surface area (Å²) in [4.78, 5) is 4.84. The van der Waals surface area contributed by atoms with Crippen LogP contribution in [0.1, 0.15) is 0 Å². The molecule has 2 N–H and O–H groups in total. The number of fused-ring (bicyclic) bond motifs is 1. The molecule has 0 fully saturated rings. The number of hydrogen-bond acceptors (Lipinski definition) is 3. The predicted octanol–water partition coefficient (Wildman–Crippen LogP) is 2.52. The van der Waals surface area contributed by atoms with Gasteiger partial charge in [-0.3, -0.25) is 10.3 Å². The van der Waals surface area contributed by atoms with E-state index in [1.807, 2.05) is 24.3 Å². The Kier molecular flexibility index (Phi) is 2.24. The smallest absolute Gasteiger partial charge is 0.116 e. The first-order valence-electron chi connectivity index (χ1n) is 4.32. The van der Waals surface area contributed by atoms with E-state index in [1.165, 1.54) is 0 Å². The summed E-state index contributed by atoms with van der Waals surface area (Å²) in [5.74, 6) is 0.253. The summed E-state index contributed by atoms with van der Waals surface area (Å²) in [6.45, 7) is 0. The SMILES string of the molecule is CONc1cccc2ccc(O)cc12. The van der Waals surface area contributed by atoms with E-state index < -0.39 is 0 Å². The van der Waals surface area contributed by atoms with Gasteiger partial charge in [0.15, 0.2) is 0 Å². The number of benzene rings is 2. The van der Waals surface area contributed by atoms with Crippen molar-refractivity contribution >= 4 is 16.5 Å². The van der Waals surface area contributed by atoms with Crippen LogP contribution < -0.4 is 5.48 Å². The second-order valence-electron chi connectivity index (χ2n) is 3.02. The molecule has 2 rings (SSSR count). The van der Waals surface area contributed by atoms with Gasteiger partial charge >= 0.3 is 0 Å². The largest absolute Gasteiger partial charge is 0.508 e. The number of phenols is 1. The van der Waals surface area contributed by atoms with Crippen molar-refractivity contribution in [1.82, 2.24) is 0 Å². The van der Waals surface area contributed by atoms with E-state index in [2.05, 4.69) is 5.48 Å². The van der Waals surface area contributed by atoms with E-state index >= 15 is 0 Å². The molecule has 72 valence electrons. The second kappa shape index (κ2) is 3.55. The minimum atomic E-state index is 0.253. The Bertz CT molecular complexity index is 454. The van der Waals surface area contributed by atoms with Gasteiger partial charge in [-0.25, -0.2) is 0 Å². The van der Waals surface area contributed by atoms with E-state index in [0.29, 0.717) is 0 Å². The van der Waals surface area contributed by atoms with E-state index in [9.17, 15) is 5.11 Å². The zero-order chi connectivity index (χ0) is 9.97. The van der Waals surface area contributed by atoms with Crippen LogP contribution in [0.15, 0.2) is 36.4 Å². The van der Waals surface area contributed by atoms with Gasteiger partial charge in [-0.2, -0.15) is 0 Å². The van der Waals surface area contributed by atoms with Gasteiger partial charge in [-0.15, -0.1) is 0 Å². The molecule has 0 saturated carbocycles. The Balaban J connectivity index is 2.64. The molecule has 0 unspecified atom stereocenters. The topological polar surface area (TPSA) is 41.5 Å². The van der Waals surface area contributed by atoms with Crippen LogP contribution in [0, 0.1) is 0 Å². The van der Waals surface area contributed by atoms with Gasteiger partial charge in [0, 0.05) is 5.39 Å². The maximum Gasteiger partial charge on any atom is 0.116 e. The Labute approximate surface area is 81.9 Å². The third-order valence-corrected chi connectivity index (χ3v) is 2.08. The molecule has 2 aromatic carbocycles. The molecule has 0 aliphatic heterocycles. The summed E-state index contributed by atoms with van der Waals surface area (Å²) in [6, 6.07) is 11.0. The van der Waals surface area contributed by atoms with Crippen molar-refractivity contribution in [2.24, 2.45) is 0 Å². The molecule has 2 aromatic rings. The van der Waals surface area contributed by atoms with E-state index in [4.69, 9.17) is 4.84 Å². The number of nitrogens with one attached hydrogen (secondary N) is 1. The van der Waals surface area contributed by atoms with Crippen molar-refractivity contribution in [3.8, 4) is 5.75 Å². The first-order valence-corrected chi connectivity index (χ1v) is 4.32. The highest BCUT2D eigenvalue weighted by Crippen LogP contribution is 2.26. The number of aromatic hydroxyl groups is 1. The van der Waals surface area contributed by atoms with Gasteiger partial charge in [-0.05, 0) is 23.6 Å². The lowest BCUT2D eigenvalue weighted by Gasteiger charge is -2.07. The first-order chi connectivity index (χ1) is 6.81. The Morgan fingerprint density at radius 2 is 2.07 bits per heavy atom.